The summed E-state index contributed by atoms with van der Waals surface area (Å²) in [5.74, 6) is 0.324. The fourth-order valence-corrected chi connectivity index (χ4v) is 3.09. The van der Waals surface area contributed by atoms with Crippen LogP contribution in [-0.2, 0) is 6.61 Å². The number of aromatic nitrogens is 2. The summed E-state index contributed by atoms with van der Waals surface area (Å²) in [7, 11) is 0. The van der Waals surface area contributed by atoms with E-state index in [1.165, 1.54) is 12.3 Å². The van der Waals surface area contributed by atoms with Crippen LogP contribution in [0.3, 0.4) is 0 Å². The predicted octanol–water partition coefficient (Wildman–Crippen LogP) is 4.78. The molecule has 0 radical (unpaired) electrons. The molecule has 3 N–H and O–H groups in total. The minimum absolute atomic E-state index is 0.0774. The Morgan fingerprint density at radius 3 is 2.62 bits per heavy atom. The van der Waals surface area contributed by atoms with Gasteiger partial charge in [-0.1, -0.05) is 41.9 Å². The molecule has 0 atom stereocenters. The zero-order valence-electron chi connectivity index (χ0n) is 16.8. The number of nitrogens with one attached hydrogen (secondary N) is 2. The summed E-state index contributed by atoms with van der Waals surface area (Å²) in [4.78, 5) is 12.3. The average molecular weight is 447 g/mol. The minimum Gasteiger partial charge on any atom is -0.507 e. The Hall–Kier alpha value is -4.10. The number of para-hydroxylation sites is 1. The number of aromatic amines is 1. The van der Waals surface area contributed by atoms with Crippen molar-refractivity contribution in [3.63, 3.8) is 0 Å². The Morgan fingerprint density at radius 2 is 1.84 bits per heavy atom. The number of benzene rings is 3. The maximum Gasteiger partial charge on any atom is 0.289 e. The number of halogens is 1. The van der Waals surface area contributed by atoms with Crippen LogP contribution in [0.1, 0.15) is 21.6 Å². The van der Waals surface area contributed by atoms with Crippen LogP contribution in [0.25, 0.3) is 11.3 Å². The monoisotopic (exact) mass is 446 g/mol. The molecule has 0 spiro atoms. The summed E-state index contributed by atoms with van der Waals surface area (Å²) in [6, 6.07) is 23.2. The molecule has 7 nitrogen and oxygen atoms in total. The van der Waals surface area contributed by atoms with E-state index in [2.05, 4.69) is 20.7 Å². The minimum atomic E-state index is -0.449. The van der Waals surface area contributed by atoms with Crippen molar-refractivity contribution in [2.45, 2.75) is 6.61 Å². The Labute approximate surface area is 189 Å². The number of ether oxygens (including phenoxy) is 1. The molecule has 0 saturated heterocycles. The number of H-pyrrole nitrogens is 1. The molecule has 0 aliphatic carbocycles. The first kappa shape index (κ1) is 21.1. The summed E-state index contributed by atoms with van der Waals surface area (Å²) in [6.07, 6.45) is 1.37. The molecule has 8 heteroatoms. The Morgan fingerprint density at radius 1 is 1.09 bits per heavy atom. The third kappa shape index (κ3) is 5.14. The maximum atomic E-state index is 12.3. The van der Waals surface area contributed by atoms with E-state index in [9.17, 15) is 9.90 Å². The number of carbonyl (C=O) groups is 1. The van der Waals surface area contributed by atoms with Crippen LogP contribution in [0.2, 0.25) is 5.02 Å². The van der Waals surface area contributed by atoms with Crippen LogP contribution in [0.15, 0.2) is 84.0 Å². The molecule has 4 aromatic rings. The second-order valence-corrected chi connectivity index (χ2v) is 7.24. The Balaban J connectivity index is 1.36. The smallest absolute Gasteiger partial charge is 0.289 e. The number of hydrogen-bond donors (Lipinski definition) is 3. The van der Waals surface area contributed by atoms with E-state index in [-0.39, 0.29) is 11.4 Å². The molecule has 0 bridgehead atoms. The van der Waals surface area contributed by atoms with E-state index in [1.807, 2.05) is 48.5 Å². The summed E-state index contributed by atoms with van der Waals surface area (Å²) in [5.41, 5.74) is 5.50. The molecular formula is C24H19ClN4O3. The largest absolute Gasteiger partial charge is 0.507 e. The van der Waals surface area contributed by atoms with Crippen LogP contribution in [-0.4, -0.2) is 27.4 Å². The van der Waals surface area contributed by atoms with Gasteiger partial charge in [0.1, 0.15) is 23.8 Å². The van der Waals surface area contributed by atoms with Gasteiger partial charge in [0.05, 0.1) is 11.9 Å². The summed E-state index contributed by atoms with van der Waals surface area (Å²) in [5, 5.41) is 21.1. The molecule has 0 fully saturated rings. The van der Waals surface area contributed by atoms with Crippen LogP contribution in [0, 0.1) is 0 Å². The Bertz CT molecular complexity index is 1250. The number of amides is 1. The molecule has 160 valence electrons. The van der Waals surface area contributed by atoms with Crippen molar-refractivity contribution in [2.24, 2.45) is 5.10 Å². The highest BCUT2D eigenvalue weighted by Gasteiger charge is 2.11. The fourth-order valence-electron chi connectivity index (χ4n) is 2.90. The zero-order chi connectivity index (χ0) is 22.3. The van der Waals surface area contributed by atoms with E-state index in [0.29, 0.717) is 28.6 Å². The van der Waals surface area contributed by atoms with E-state index in [0.717, 1.165) is 11.1 Å². The maximum absolute atomic E-state index is 12.3. The van der Waals surface area contributed by atoms with Gasteiger partial charge in [-0.25, -0.2) is 5.43 Å². The van der Waals surface area contributed by atoms with Crippen molar-refractivity contribution < 1.29 is 14.6 Å². The van der Waals surface area contributed by atoms with Crippen molar-refractivity contribution in [1.82, 2.24) is 15.6 Å². The first-order chi connectivity index (χ1) is 15.6. The average Bonchev–Trinajstić information content (AvgIpc) is 3.31. The van der Waals surface area contributed by atoms with Gasteiger partial charge in [-0.15, -0.1) is 0 Å². The van der Waals surface area contributed by atoms with Crippen LogP contribution in [0.4, 0.5) is 0 Å². The van der Waals surface area contributed by atoms with Crippen LogP contribution >= 0.6 is 11.6 Å². The van der Waals surface area contributed by atoms with Gasteiger partial charge in [0.25, 0.3) is 5.91 Å². The van der Waals surface area contributed by atoms with Gasteiger partial charge >= 0.3 is 0 Å². The highest BCUT2D eigenvalue weighted by Crippen LogP contribution is 2.23. The highest BCUT2D eigenvalue weighted by molar-refractivity contribution is 6.31. The molecule has 0 aliphatic heterocycles. The molecule has 0 aliphatic rings. The number of carbonyl (C=O) groups excluding carboxylic acids is 1. The van der Waals surface area contributed by atoms with Crippen molar-refractivity contribution in [3.05, 3.63) is 101 Å². The number of phenols is 1. The zero-order valence-corrected chi connectivity index (χ0v) is 17.6. The first-order valence-electron chi connectivity index (χ1n) is 9.73. The second-order valence-electron chi connectivity index (χ2n) is 6.83. The normalized spacial score (nSPS) is 10.9. The van der Waals surface area contributed by atoms with Gasteiger partial charge in [0, 0.05) is 21.7 Å². The van der Waals surface area contributed by atoms with Gasteiger partial charge in [-0.3, -0.25) is 9.89 Å². The number of rotatable bonds is 7. The summed E-state index contributed by atoms with van der Waals surface area (Å²) in [6.45, 7) is 0.368. The SMILES string of the molecule is O=C(N/N=C/c1ccccc1O)c1cc(-c2ccc(OCc3ccccc3Cl)cc2)n[nH]1. The van der Waals surface area contributed by atoms with Crippen molar-refractivity contribution in [3.8, 4) is 22.8 Å². The van der Waals surface area contributed by atoms with Crippen LogP contribution < -0.4 is 10.2 Å². The second kappa shape index (κ2) is 9.80. The third-order valence-corrected chi connectivity index (χ3v) is 5.00. The lowest BCUT2D eigenvalue weighted by atomic mass is 10.1. The van der Waals surface area contributed by atoms with E-state index >= 15 is 0 Å². The van der Waals surface area contributed by atoms with Gasteiger partial charge in [-0.2, -0.15) is 10.2 Å². The van der Waals surface area contributed by atoms with E-state index < -0.39 is 5.91 Å². The number of nitrogens with zero attached hydrogens (tertiary/aromatic N) is 2. The molecule has 1 aromatic heterocycles. The van der Waals surface area contributed by atoms with E-state index in [1.54, 1.807) is 24.3 Å². The lowest BCUT2D eigenvalue weighted by molar-refractivity contribution is 0.0950. The summed E-state index contributed by atoms with van der Waals surface area (Å²) >= 11 is 6.15. The molecule has 1 amide bonds. The molecule has 4 rings (SSSR count). The van der Waals surface area contributed by atoms with Gasteiger partial charge < -0.3 is 9.84 Å². The van der Waals surface area contributed by atoms with Crippen LogP contribution in [0.5, 0.6) is 11.5 Å². The lowest BCUT2D eigenvalue weighted by Gasteiger charge is -2.08. The number of hydrazone groups is 1. The molecular weight excluding hydrogens is 428 g/mol. The molecule has 0 saturated carbocycles. The fraction of sp³-hybridized carbons (Fsp3) is 0.0417. The number of hydrogen-bond acceptors (Lipinski definition) is 5. The molecule has 0 unspecified atom stereocenters. The summed E-state index contributed by atoms with van der Waals surface area (Å²) < 4.78 is 5.79. The molecule has 3 aromatic carbocycles. The third-order valence-electron chi connectivity index (χ3n) is 4.63. The van der Waals surface area contributed by atoms with Crippen molar-refractivity contribution >= 4 is 23.7 Å². The first-order valence-corrected chi connectivity index (χ1v) is 10.1. The highest BCUT2D eigenvalue weighted by atomic mass is 35.5. The topological polar surface area (TPSA) is 99.6 Å². The van der Waals surface area contributed by atoms with Gasteiger partial charge in [0.2, 0.25) is 0 Å². The Kier molecular flexibility index (Phi) is 6.48. The molecule has 1 heterocycles. The number of aromatic hydroxyl groups is 1. The van der Waals surface area contributed by atoms with Gasteiger partial charge in [-0.05, 0) is 48.5 Å². The number of phenolic OH excluding ortho intramolecular Hbond substituents is 1. The predicted molar refractivity (Wildman–Crippen MR) is 123 cm³/mol. The van der Waals surface area contributed by atoms with Gasteiger partial charge in [0.15, 0.2) is 0 Å². The quantitative estimate of drug-likeness (QED) is 0.281. The standard InChI is InChI=1S/C24H19ClN4O3/c25-20-7-3-1-6-18(20)15-32-19-11-9-16(10-12-19)21-13-22(28-27-21)24(31)29-26-14-17-5-2-4-8-23(17)30/h1-14,30H,15H2,(H,27,28)(H,29,31)/b26-14+. The van der Waals surface area contributed by atoms with E-state index in [4.69, 9.17) is 16.3 Å². The van der Waals surface area contributed by atoms with Crippen molar-refractivity contribution in [2.75, 3.05) is 0 Å². The molecule has 32 heavy (non-hydrogen) atoms. The lowest BCUT2D eigenvalue weighted by Crippen LogP contribution is -2.18. The van der Waals surface area contributed by atoms with Crippen molar-refractivity contribution in [1.29, 1.82) is 0 Å².